The zero-order chi connectivity index (χ0) is 15.0. The maximum absolute atomic E-state index is 12.2. The number of hydrogen-bond donors (Lipinski definition) is 0. The van der Waals surface area contributed by atoms with Crippen LogP contribution in [0.25, 0.3) is 0 Å². The van der Waals surface area contributed by atoms with Gasteiger partial charge in [-0.25, -0.2) is 9.86 Å². The lowest BCUT2D eigenvalue weighted by Gasteiger charge is -2.17. The Balaban J connectivity index is 2.94. The molecule has 0 heterocycles. The molecule has 1 rings (SSSR count). The Morgan fingerprint density at radius 2 is 1.75 bits per heavy atom. The number of hydroxylamine groups is 2. The van der Waals surface area contributed by atoms with Crippen molar-refractivity contribution in [1.82, 2.24) is 5.06 Å². The van der Waals surface area contributed by atoms with Crippen LogP contribution in [0.4, 0.5) is 0 Å². The molecule has 1 aromatic rings. The van der Waals surface area contributed by atoms with Crippen LogP contribution in [0.3, 0.4) is 0 Å². The van der Waals surface area contributed by atoms with Gasteiger partial charge in [0.05, 0.1) is 17.7 Å². The molecule has 0 N–H and O–H groups in total. The molecule has 0 bridgehead atoms. The van der Waals surface area contributed by atoms with Gasteiger partial charge in [0.2, 0.25) is 0 Å². The maximum atomic E-state index is 12.2. The van der Waals surface area contributed by atoms with Crippen molar-refractivity contribution in [3.05, 3.63) is 60.7 Å². The standard InChI is InChI=1S/C15H17NO4/c1-4-10-19-15(18)13-9-7-6-8-12(13)14(17)16(3)20-11-5-2/h4-9H,1-2,10-11H2,3H3. The third-order valence-electron chi connectivity index (χ3n) is 2.38. The van der Waals surface area contributed by atoms with E-state index in [0.717, 1.165) is 5.06 Å². The second-order valence-electron chi connectivity index (χ2n) is 3.82. The van der Waals surface area contributed by atoms with Crippen LogP contribution in [0.1, 0.15) is 20.7 Å². The van der Waals surface area contributed by atoms with Gasteiger partial charge in [0.15, 0.2) is 0 Å². The first-order valence-electron chi connectivity index (χ1n) is 6.00. The Morgan fingerprint density at radius 1 is 1.15 bits per heavy atom. The monoisotopic (exact) mass is 275 g/mol. The molecule has 0 atom stereocenters. The average Bonchev–Trinajstić information content (AvgIpc) is 2.49. The number of carbonyl (C=O) groups excluding carboxylic acids is 2. The Morgan fingerprint density at radius 3 is 2.35 bits per heavy atom. The van der Waals surface area contributed by atoms with E-state index in [0.29, 0.717) is 0 Å². The van der Waals surface area contributed by atoms with E-state index < -0.39 is 11.9 Å². The van der Waals surface area contributed by atoms with Crippen LogP contribution < -0.4 is 0 Å². The van der Waals surface area contributed by atoms with Gasteiger partial charge in [-0.05, 0) is 12.1 Å². The van der Waals surface area contributed by atoms with E-state index in [-0.39, 0.29) is 24.3 Å². The predicted molar refractivity (Wildman–Crippen MR) is 75.2 cm³/mol. The van der Waals surface area contributed by atoms with E-state index in [4.69, 9.17) is 9.57 Å². The highest BCUT2D eigenvalue weighted by molar-refractivity contribution is 6.04. The molecule has 0 aliphatic carbocycles. The van der Waals surface area contributed by atoms with E-state index in [1.54, 1.807) is 18.2 Å². The van der Waals surface area contributed by atoms with E-state index >= 15 is 0 Å². The number of amides is 1. The van der Waals surface area contributed by atoms with Crippen LogP contribution in [0, 0.1) is 0 Å². The van der Waals surface area contributed by atoms with Crippen molar-refractivity contribution in [2.45, 2.75) is 0 Å². The first-order valence-corrected chi connectivity index (χ1v) is 6.00. The first kappa shape index (κ1) is 15.7. The molecular weight excluding hydrogens is 258 g/mol. The van der Waals surface area contributed by atoms with E-state index in [1.165, 1.54) is 25.3 Å². The number of ether oxygens (including phenoxy) is 1. The molecule has 0 aromatic heterocycles. The third-order valence-corrected chi connectivity index (χ3v) is 2.38. The van der Waals surface area contributed by atoms with Crippen molar-refractivity contribution < 1.29 is 19.2 Å². The summed E-state index contributed by atoms with van der Waals surface area (Å²) < 4.78 is 4.94. The number of carbonyl (C=O) groups is 2. The zero-order valence-electron chi connectivity index (χ0n) is 11.4. The molecule has 106 valence electrons. The fraction of sp³-hybridized carbons (Fsp3) is 0.200. The topological polar surface area (TPSA) is 55.8 Å². The summed E-state index contributed by atoms with van der Waals surface area (Å²) in [6, 6.07) is 6.39. The fourth-order valence-corrected chi connectivity index (χ4v) is 1.45. The molecule has 0 saturated heterocycles. The van der Waals surface area contributed by atoms with Crippen molar-refractivity contribution >= 4 is 11.9 Å². The van der Waals surface area contributed by atoms with Crippen molar-refractivity contribution in [2.24, 2.45) is 0 Å². The highest BCUT2D eigenvalue weighted by Crippen LogP contribution is 2.13. The van der Waals surface area contributed by atoms with E-state index in [9.17, 15) is 9.59 Å². The van der Waals surface area contributed by atoms with Crippen LogP contribution in [-0.2, 0) is 9.57 Å². The number of nitrogens with zero attached hydrogens (tertiary/aromatic N) is 1. The Kier molecular flexibility index (Phi) is 6.19. The normalized spacial score (nSPS) is 9.65. The summed E-state index contributed by atoms with van der Waals surface area (Å²) in [5.41, 5.74) is 0.404. The minimum atomic E-state index is -0.578. The quantitative estimate of drug-likeness (QED) is 0.435. The van der Waals surface area contributed by atoms with Crippen LogP contribution in [0.2, 0.25) is 0 Å². The van der Waals surface area contributed by atoms with Gasteiger partial charge in [-0.15, -0.1) is 6.58 Å². The Labute approximate surface area is 118 Å². The van der Waals surface area contributed by atoms with Gasteiger partial charge < -0.3 is 4.74 Å². The summed E-state index contributed by atoms with van der Waals surface area (Å²) in [4.78, 5) is 29.2. The molecule has 0 unspecified atom stereocenters. The number of rotatable bonds is 7. The minimum absolute atomic E-state index is 0.0875. The SMILES string of the molecule is C=CCOC(=O)c1ccccc1C(=O)N(C)OCC=C. The maximum Gasteiger partial charge on any atom is 0.339 e. The van der Waals surface area contributed by atoms with Gasteiger partial charge in [-0.1, -0.05) is 30.9 Å². The molecule has 1 amide bonds. The van der Waals surface area contributed by atoms with E-state index in [2.05, 4.69) is 13.2 Å². The van der Waals surface area contributed by atoms with Gasteiger partial charge in [-0.2, -0.15) is 0 Å². The summed E-state index contributed by atoms with van der Waals surface area (Å²) >= 11 is 0. The summed E-state index contributed by atoms with van der Waals surface area (Å²) in [5, 5.41) is 1.06. The lowest BCUT2D eigenvalue weighted by molar-refractivity contribution is -0.0932. The second kappa shape index (κ2) is 7.91. The highest BCUT2D eigenvalue weighted by atomic mass is 16.7. The molecule has 0 saturated carbocycles. The van der Waals surface area contributed by atoms with Gasteiger partial charge >= 0.3 is 5.97 Å². The van der Waals surface area contributed by atoms with E-state index in [1.807, 2.05) is 0 Å². The van der Waals surface area contributed by atoms with Crippen LogP contribution in [-0.4, -0.2) is 37.2 Å². The average molecular weight is 275 g/mol. The van der Waals surface area contributed by atoms with Crippen molar-refractivity contribution in [1.29, 1.82) is 0 Å². The van der Waals surface area contributed by atoms with Crippen LogP contribution in [0.5, 0.6) is 0 Å². The highest BCUT2D eigenvalue weighted by Gasteiger charge is 2.20. The lowest BCUT2D eigenvalue weighted by atomic mass is 10.1. The summed E-state index contributed by atoms with van der Waals surface area (Å²) in [5.74, 6) is -1.01. The smallest absolute Gasteiger partial charge is 0.339 e. The summed E-state index contributed by atoms with van der Waals surface area (Å²) in [7, 11) is 1.47. The molecule has 0 radical (unpaired) electrons. The number of esters is 1. The summed E-state index contributed by atoms with van der Waals surface area (Å²) in [6.07, 6.45) is 2.98. The molecule has 5 nitrogen and oxygen atoms in total. The molecule has 20 heavy (non-hydrogen) atoms. The third kappa shape index (κ3) is 4.07. The number of hydrogen-bond acceptors (Lipinski definition) is 4. The largest absolute Gasteiger partial charge is 0.458 e. The summed E-state index contributed by atoms with van der Waals surface area (Å²) in [6.45, 7) is 7.25. The molecular formula is C15H17NO4. The van der Waals surface area contributed by atoms with Crippen LogP contribution in [0.15, 0.2) is 49.6 Å². The van der Waals surface area contributed by atoms with Crippen molar-refractivity contribution in [3.8, 4) is 0 Å². The second-order valence-corrected chi connectivity index (χ2v) is 3.82. The molecule has 0 fully saturated rings. The molecule has 0 spiro atoms. The minimum Gasteiger partial charge on any atom is -0.458 e. The van der Waals surface area contributed by atoms with Gasteiger partial charge in [0.1, 0.15) is 6.61 Å². The lowest BCUT2D eigenvalue weighted by Crippen LogP contribution is -2.28. The molecule has 5 heteroatoms. The van der Waals surface area contributed by atoms with Crippen LogP contribution >= 0.6 is 0 Å². The molecule has 0 aliphatic rings. The molecule has 0 aliphatic heterocycles. The first-order chi connectivity index (χ1) is 9.61. The fourth-order valence-electron chi connectivity index (χ4n) is 1.45. The zero-order valence-corrected chi connectivity index (χ0v) is 11.4. The number of benzene rings is 1. The van der Waals surface area contributed by atoms with Gasteiger partial charge in [0, 0.05) is 7.05 Å². The van der Waals surface area contributed by atoms with Gasteiger partial charge in [0.25, 0.3) is 5.91 Å². The van der Waals surface area contributed by atoms with Crippen molar-refractivity contribution in [2.75, 3.05) is 20.3 Å². The molecule has 1 aromatic carbocycles. The van der Waals surface area contributed by atoms with Crippen molar-refractivity contribution in [3.63, 3.8) is 0 Å². The Hall–Kier alpha value is -2.40. The predicted octanol–water partition coefficient (Wildman–Crippen LogP) is 2.22. The Bertz CT molecular complexity index is 510. The van der Waals surface area contributed by atoms with Gasteiger partial charge in [-0.3, -0.25) is 9.63 Å².